The summed E-state index contributed by atoms with van der Waals surface area (Å²) in [5, 5.41) is 7.63. The van der Waals surface area contributed by atoms with Crippen molar-refractivity contribution in [2.75, 3.05) is 39.3 Å². The monoisotopic (exact) mass is 1040 g/mol. The standard InChI is InChI=1S/C57H62N12O6S/c1-64-49-38(60-53(64)41-20-32-6-5-15-59-51(32)66(41)26-30-7-8-30)18-35(22-44(49)73-2)55(70)63-57-24-37-29-69(43(25-57)47(37)57)75-46-14-12-33-21-42(67(52(33)62-46)27-31-9-10-31)54-61-39-19-36(56(71)68-28-34-11-13-40(68)48(34)58)23-45(74-3)50(39)65(54)16-17-76(4)72/h5-6,12,14-15,18-23,30-31,34,37,40,43,47-48H,7-11,13,16-17,24-29,58H2,1-4H3,(H,63,70)/t34-,37-,40-,43-,47-,48-,57?,76?/m1/s1. The van der Waals surface area contributed by atoms with Gasteiger partial charge in [-0.15, -0.1) is 5.06 Å². The van der Waals surface area contributed by atoms with E-state index in [4.69, 9.17) is 40.0 Å². The summed E-state index contributed by atoms with van der Waals surface area (Å²) < 4.78 is 33.4. The molecule has 392 valence electrons. The molecule has 2 amide bonds. The lowest BCUT2D eigenvalue weighted by Gasteiger charge is -2.63. The van der Waals surface area contributed by atoms with Crippen molar-refractivity contribution in [3.63, 3.8) is 0 Å². The molecule has 5 saturated carbocycles. The molecule has 5 aliphatic carbocycles. The van der Waals surface area contributed by atoms with Gasteiger partial charge in [0.05, 0.1) is 55.5 Å². The molecule has 7 fully saturated rings. The second kappa shape index (κ2) is 17.2. The van der Waals surface area contributed by atoms with Gasteiger partial charge in [0.2, 0.25) is 5.88 Å². The molecule has 0 spiro atoms. The van der Waals surface area contributed by atoms with E-state index in [0.717, 1.165) is 108 Å². The maximum absolute atomic E-state index is 14.3. The summed E-state index contributed by atoms with van der Waals surface area (Å²) in [6.07, 6.45) is 11.9. The number of carbonyl (C=O) groups excluding carboxylic acids is 2. The lowest BCUT2D eigenvalue weighted by atomic mass is 9.47. The van der Waals surface area contributed by atoms with E-state index in [0.29, 0.717) is 87.9 Å². The van der Waals surface area contributed by atoms with Gasteiger partial charge in [-0.1, -0.05) is 11.2 Å². The van der Waals surface area contributed by atoms with Crippen LogP contribution in [0.3, 0.4) is 0 Å². The highest BCUT2D eigenvalue weighted by molar-refractivity contribution is 7.90. The van der Waals surface area contributed by atoms with Crippen molar-refractivity contribution in [1.82, 2.24) is 53.5 Å². The van der Waals surface area contributed by atoms with Gasteiger partial charge in [0, 0.05) is 90.9 Å². The number of pyridine rings is 2. The maximum atomic E-state index is 14.3. The molecule has 7 aliphatic rings. The maximum Gasteiger partial charge on any atom is 0.254 e. The average molecular weight is 1040 g/mol. The molecule has 2 aliphatic heterocycles. The first-order chi connectivity index (χ1) is 36.9. The van der Waals surface area contributed by atoms with Gasteiger partial charge in [-0.25, -0.2) is 15.0 Å². The van der Waals surface area contributed by atoms with Gasteiger partial charge in [0.25, 0.3) is 11.8 Å². The average Bonchev–Trinajstić information content (AvgIpc) is 4.29. The fraction of sp³-hybridized carbons (Fsp3) is 0.474. The first-order valence-corrected chi connectivity index (χ1v) is 28.9. The van der Waals surface area contributed by atoms with Gasteiger partial charge in [-0.05, 0) is 130 Å². The Morgan fingerprint density at radius 2 is 1.47 bits per heavy atom. The predicted molar refractivity (Wildman–Crippen MR) is 288 cm³/mol. The fourth-order valence-electron chi connectivity index (χ4n) is 14.3. The van der Waals surface area contributed by atoms with Crippen LogP contribution in [-0.2, 0) is 37.9 Å². The normalized spacial score (nSPS) is 25.9. The van der Waals surface area contributed by atoms with Gasteiger partial charge < -0.3 is 53.1 Å². The number of likely N-dealkylation sites (tertiary alicyclic amines) is 1. The molecule has 0 radical (unpaired) electrons. The van der Waals surface area contributed by atoms with Crippen LogP contribution in [-0.4, -0.2) is 128 Å². The molecule has 2 bridgehead atoms. The van der Waals surface area contributed by atoms with Crippen molar-refractivity contribution in [2.24, 2.45) is 42.4 Å². The largest absolute Gasteiger partial charge is 0.617 e. The van der Waals surface area contributed by atoms with Gasteiger partial charge in [-0.2, -0.15) is 4.98 Å². The highest BCUT2D eigenvalue weighted by Gasteiger charge is 2.72. The summed E-state index contributed by atoms with van der Waals surface area (Å²) in [5.41, 5.74) is 13.9. The number of aromatic nitrogens is 8. The predicted octanol–water partition coefficient (Wildman–Crippen LogP) is 6.92. The van der Waals surface area contributed by atoms with E-state index in [1.807, 2.05) is 54.5 Å². The van der Waals surface area contributed by atoms with Crippen LogP contribution < -0.4 is 25.4 Å². The molecule has 8 atom stereocenters. The molecule has 19 heteroatoms. The van der Waals surface area contributed by atoms with Crippen LogP contribution in [0.15, 0.2) is 66.9 Å². The molecule has 6 aromatic heterocycles. The molecule has 8 aromatic rings. The zero-order chi connectivity index (χ0) is 51.5. The highest BCUT2D eigenvalue weighted by atomic mass is 32.2. The third-order valence-corrected chi connectivity index (χ3v) is 19.2. The van der Waals surface area contributed by atoms with Crippen molar-refractivity contribution >= 4 is 67.1 Å². The number of nitrogens with two attached hydrogens (primary N) is 1. The Morgan fingerprint density at radius 3 is 2.20 bits per heavy atom. The van der Waals surface area contributed by atoms with Crippen LogP contribution in [0.2, 0.25) is 0 Å². The SMILES string of the molecule is COc1cc(C(=O)NC23C[C@@H]4CN(Oc5ccc6cc(-c7nc8cc(C(=O)N9C[C@H]%10CC[C@@H]9[C@@H]%10N)cc(OC)c8n7CC[S+](C)[O-])n(CC7CC7)c6n5)[C@H](C2)[C@@H]43)cc2nc(-c3cc4cccnc4n3CC3CC3)n(C)c12. The summed E-state index contributed by atoms with van der Waals surface area (Å²) in [6, 6.07) is 20.0. The number of amides is 2. The van der Waals surface area contributed by atoms with Gasteiger partial charge in [0.15, 0.2) is 11.6 Å². The molecular weight excluding hydrogens is 981 g/mol. The van der Waals surface area contributed by atoms with Crippen molar-refractivity contribution in [3.05, 3.63) is 78.0 Å². The Morgan fingerprint density at radius 1 is 0.776 bits per heavy atom. The molecule has 18 nitrogen and oxygen atoms in total. The van der Waals surface area contributed by atoms with Crippen LogP contribution in [0.4, 0.5) is 0 Å². The molecule has 3 N–H and O–H groups in total. The van der Waals surface area contributed by atoms with E-state index >= 15 is 0 Å². The number of methoxy groups -OCH3 is 2. The van der Waals surface area contributed by atoms with Crippen LogP contribution in [0.25, 0.3) is 67.2 Å². The lowest BCUT2D eigenvalue weighted by Crippen LogP contribution is -2.74. The number of aryl methyl sites for hydroxylation is 2. The third kappa shape index (κ3) is 7.24. The number of rotatable bonds is 16. The number of hydrogen-bond acceptors (Lipinski definition) is 12. The van der Waals surface area contributed by atoms with E-state index in [1.165, 1.54) is 12.8 Å². The summed E-state index contributed by atoms with van der Waals surface area (Å²) in [7, 11) is 5.28. The number of nitrogens with one attached hydrogen (secondary N) is 1. The Hall–Kier alpha value is -6.67. The number of nitrogens with zero attached hydrogens (tertiary/aromatic N) is 10. The molecule has 2 saturated heterocycles. The topological polar surface area (TPSA) is 201 Å². The molecule has 15 rings (SSSR count). The van der Waals surface area contributed by atoms with E-state index < -0.39 is 11.2 Å². The molecule has 8 heterocycles. The number of piperidine rings is 1. The first kappa shape index (κ1) is 46.6. The summed E-state index contributed by atoms with van der Waals surface area (Å²) in [4.78, 5) is 57.6. The summed E-state index contributed by atoms with van der Waals surface area (Å²) in [6.45, 7) is 3.53. The number of imidazole rings is 2. The Kier molecular flexibility index (Phi) is 10.5. The number of hydrogen-bond donors (Lipinski definition) is 2. The zero-order valence-corrected chi connectivity index (χ0v) is 44.1. The van der Waals surface area contributed by atoms with Crippen molar-refractivity contribution in [2.45, 2.75) is 94.7 Å². The summed E-state index contributed by atoms with van der Waals surface area (Å²) in [5.74, 6) is 5.57. The molecule has 2 aromatic carbocycles. The minimum absolute atomic E-state index is 0.00856. The van der Waals surface area contributed by atoms with E-state index in [-0.39, 0.29) is 41.4 Å². The fourth-order valence-corrected chi connectivity index (χ4v) is 14.8. The Labute approximate surface area is 442 Å². The van der Waals surface area contributed by atoms with Crippen LogP contribution in [0.5, 0.6) is 17.4 Å². The number of ether oxygens (including phenoxy) is 2. The number of hydroxylamine groups is 2. The van der Waals surface area contributed by atoms with Gasteiger partial charge in [-0.3, -0.25) is 9.59 Å². The number of fused-ring (bicyclic) bond motifs is 6. The lowest BCUT2D eigenvalue weighted by molar-refractivity contribution is -0.142. The zero-order valence-electron chi connectivity index (χ0n) is 43.3. The van der Waals surface area contributed by atoms with Gasteiger partial charge in [0.1, 0.15) is 39.6 Å². The molecular formula is C57H62N12O6S. The highest BCUT2D eigenvalue weighted by Crippen LogP contribution is 2.63. The van der Waals surface area contributed by atoms with Crippen LogP contribution in [0, 0.1) is 29.6 Å². The molecule has 76 heavy (non-hydrogen) atoms. The van der Waals surface area contributed by atoms with E-state index in [2.05, 4.69) is 52.9 Å². The Bertz CT molecular complexity index is 3720. The van der Waals surface area contributed by atoms with Crippen molar-refractivity contribution in [3.8, 4) is 40.4 Å². The smallest absolute Gasteiger partial charge is 0.254 e. The van der Waals surface area contributed by atoms with Gasteiger partial charge >= 0.3 is 0 Å². The van der Waals surface area contributed by atoms with Crippen molar-refractivity contribution < 1.29 is 28.5 Å². The number of carbonyl (C=O) groups is 2. The van der Waals surface area contributed by atoms with Crippen LogP contribution >= 0.6 is 0 Å². The van der Waals surface area contributed by atoms with Crippen molar-refractivity contribution in [1.29, 1.82) is 0 Å². The van der Waals surface area contributed by atoms with E-state index in [1.54, 1.807) is 20.5 Å². The summed E-state index contributed by atoms with van der Waals surface area (Å²) >= 11 is -1.07. The second-order valence-electron chi connectivity index (χ2n) is 23.1. The third-order valence-electron chi connectivity index (χ3n) is 18.4. The molecule has 2 unspecified atom stereocenters. The quantitative estimate of drug-likeness (QED) is 0.0949. The minimum Gasteiger partial charge on any atom is -0.617 e. The second-order valence-corrected chi connectivity index (χ2v) is 24.7. The first-order valence-electron chi connectivity index (χ1n) is 27.2. The van der Waals surface area contributed by atoms with Crippen LogP contribution in [0.1, 0.15) is 72.1 Å². The number of benzene rings is 2. The minimum atomic E-state index is -1.07. The van der Waals surface area contributed by atoms with E-state index in [9.17, 15) is 14.1 Å². The Balaban J connectivity index is 0.693.